The Morgan fingerprint density at radius 2 is 2.00 bits per heavy atom. The molecular weight excluding hydrogens is 272 g/mol. The van der Waals surface area contributed by atoms with Crippen LogP contribution in [0.2, 0.25) is 0 Å². The van der Waals surface area contributed by atoms with Gasteiger partial charge >= 0.3 is 6.03 Å². The molecule has 4 amide bonds. The Bertz CT molecular complexity index is 573. The van der Waals surface area contributed by atoms with Crippen LogP contribution in [0.5, 0.6) is 0 Å². The highest BCUT2D eigenvalue weighted by Crippen LogP contribution is 2.21. The van der Waals surface area contributed by atoms with E-state index >= 15 is 0 Å². The number of anilines is 1. The average Bonchev–Trinajstić information content (AvgIpc) is 2.45. The predicted molar refractivity (Wildman–Crippen MR) is 77.7 cm³/mol. The number of aryl methyl sites for hydroxylation is 1. The molecule has 112 valence electrons. The molecule has 1 fully saturated rings. The highest BCUT2D eigenvalue weighted by molar-refractivity contribution is 5.98. The summed E-state index contributed by atoms with van der Waals surface area (Å²) >= 11 is 0. The molecule has 1 aliphatic rings. The number of amides is 4. The van der Waals surface area contributed by atoms with Crippen LogP contribution in [-0.4, -0.2) is 48.9 Å². The van der Waals surface area contributed by atoms with E-state index in [0.29, 0.717) is 13.1 Å². The van der Waals surface area contributed by atoms with Gasteiger partial charge in [-0.15, -0.1) is 0 Å². The van der Waals surface area contributed by atoms with Crippen LogP contribution in [0.4, 0.5) is 10.5 Å². The number of nitrogens with two attached hydrogens (primary N) is 1. The number of benzene rings is 1. The van der Waals surface area contributed by atoms with Crippen molar-refractivity contribution in [2.24, 2.45) is 5.73 Å². The molecule has 1 heterocycles. The van der Waals surface area contributed by atoms with Gasteiger partial charge in [0.25, 0.3) is 0 Å². The molecule has 7 nitrogen and oxygen atoms in total. The minimum atomic E-state index is -0.756. The zero-order valence-corrected chi connectivity index (χ0v) is 11.8. The first-order chi connectivity index (χ1) is 9.99. The summed E-state index contributed by atoms with van der Waals surface area (Å²) in [5.41, 5.74) is 6.80. The second-order valence-electron chi connectivity index (χ2n) is 4.86. The van der Waals surface area contributed by atoms with Crippen LogP contribution in [0.25, 0.3) is 0 Å². The number of para-hydroxylation sites is 1. The second kappa shape index (κ2) is 6.25. The topological polar surface area (TPSA) is 95.7 Å². The van der Waals surface area contributed by atoms with Crippen molar-refractivity contribution in [1.82, 2.24) is 10.2 Å². The number of hydrogen-bond donors (Lipinski definition) is 2. The molecular formula is C14H18N4O3. The Labute approximate surface area is 122 Å². The normalized spacial score (nSPS) is 15.0. The van der Waals surface area contributed by atoms with E-state index in [4.69, 9.17) is 5.73 Å². The van der Waals surface area contributed by atoms with Gasteiger partial charge in [-0.1, -0.05) is 18.2 Å². The van der Waals surface area contributed by atoms with Crippen molar-refractivity contribution in [3.63, 3.8) is 0 Å². The molecule has 0 unspecified atom stereocenters. The van der Waals surface area contributed by atoms with Crippen LogP contribution < -0.4 is 16.0 Å². The third kappa shape index (κ3) is 3.50. The van der Waals surface area contributed by atoms with Gasteiger partial charge in [-0.05, 0) is 18.6 Å². The average molecular weight is 290 g/mol. The molecule has 1 aromatic rings. The predicted octanol–water partition coefficient (Wildman–Crippen LogP) is -0.161. The second-order valence-corrected chi connectivity index (χ2v) is 4.86. The van der Waals surface area contributed by atoms with Gasteiger partial charge in [0, 0.05) is 18.8 Å². The fraction of sp³-hybridized carbons (Fsp3) is 0.357. The van der Waals surface area contributed by atoms with E-state index in [-0.39, 0.29) is 24.9 Å². The maximum atomic E-state index is 12.2. The molecule has 0 atom stereocenters. The Morgan fingerprint density at radius 1 is 1.29 bits per heavy atom. The lowest BCUT2D eigenvalue weighted by Gasteiger charge is -2.35. The van der Waals surface area contributed by atoms with Gasteiger partial charge in [0.2, 0.25) is 11.8 Å². The summed E-state index contributed by atoms with van der Waals surface area (Å²) < 4.78 is 0. The van der Waals surface area contributed by atoms with Crippen LogP contribution in [0.15, 0.2) is 24.3 Å². The minimum Gasteiger partial charge on any atom is -0.352 e. The molecule has 0 spiro atoms. The minimum absolute atomic E-state index is 0.00755. The van der Waals surface area contributed by atoms with Crippen molar-refractivity contribution in [2.75, 3.05) is 31.1 Å². The van der Waals surface area contributed by atoms with Crippen LogP contribution in [0.3, 0.4) is 0 Å². The quantitative estimate of drug-likeness (QED) is 0.809. The molecule has 1 aromatic carbocycles. The fourth-order valence-electron chi connectivity index (χ4n) is 2.28. The number of nitrogens with zero attached hydrogens (tertiary/aromatic N) is 2. The van der Waals surface area contributed by atoms with Gasteiger partial charge in [-0.2, -0.15) is 0 Å². The summed E-state index contributed by atoms with van der Waals surface area (Å²) in [6, 6.07) is 6.87. The summed E-state index contributed by atoms with van der Waals surface area (Å²) in [4.78, 5) is 37.8. The van der Waals surface area contributed by atoms with Gasteiger partial charge < -0.3 is 20.9 Å². The molecule has 1 aliphatic heterocycles. The number of urea groups is 1. The monoisotopic (exact) mass is 290 g/mol. The molecule has 21 heavy (non-hydrogen) atoms. The van der Waals surface area contributed by atoms with Gasteiger partial charge in [0.05, 0.1) is 6.54 Å². The van der Waals surface area contributed by atoms with Gasteiger partial charge in [-0.3, -0.25) is 9.59 Å². The van der Waals surface area contributed by atoms with Crippen LogP contribution in [0, 0.1) is 6.92 Å². The standard InChI is InChI=1S/C14H18N4O3/c1-10-4-2-3-5-11(10)18-7-6-17(9-13(18)20)12(19)8-16-14(15)21/h2-5H,6-9H2,1H3,(H3,15,16,21). The third-order valence-corrected chi connectivity index (χ3v) is 3.39. The van der Waals surface area contributed by atoms with Crippen molar-refractivity contribution < 1.29 is 14.4 Å². The number of piperazine rings is 1. The van der Waals surface area contributed by atoms with E-state index in [9.17, 15) is 14.4 Å². The lowest BCUT2D eigenvalue weighted by molar-refractivity contribution is -0.136. The SMILES string of the molecule is Cc1ccccc1N1CCN(C(=O)CNC(N)=O)CC1=O. The van der Waals surface area contributed by atoms with Crippen molar-refractivity contribution in [3.8, 4) is 0 Å². The van der Waals surface area contributed by atoms with E-state index in [1.165, 1.54) is 4.90 Å². The van der Waals surface area contributed by atoms with Crippen molar-refractivity contribution in [1.29, 1.82) is 0 Å². The maximum Gasteiger partial charge on any atom is 0.312 e. The smallest absolute Gasteiger partial charge is 0.312 e. The van der Waals surface area contributed by atoms with E-state index in [0.717, 1.165) is 11.3 Å². The van der Waals surface area contributed by atoms with Crippen molar-refractivity contribution in [3.05, 3.63) is 29.8 Å². The van der Waals surface area contributed by atoms with Gasteiger partial charge in [0.15, 0.2) is 0 Å². The highest BCUT2D eigenvalue weighted by Gasteiger charge is 2.28. The van der Waals surface area contributed by atoms with Crippen molar-refractivity contribution >= 4 is 23.5 Å². The lowest BCUT2D eigenvalue weighted by atomic mass is 10.1. The number of hydrogen-bond acceptors (Lipinski definition) is 3. The zero-order chi connectivity index (χ0) is 15.4. The summed E-state index contributed by atoms with van der Waals surface area (Å²) in [7, 11) is 0. The van der Waals surface area contributed by atoms with Gasteiger partial charge in [0.1, 0.15) is 6.54 Å². The van der Waals surface area contributed by atoms with Crippen LogP contribution in [0.1, 0.15) is 5.56 Å². The summed E-state index contributed by atoms with van der Waals surface area (Å²) in [6.07, 6.45) is 0. The summed E-state index contributed by atoms with van der Waals surface area (Å²) in [6.45, 7) is 2.63. The number of rotatable bonds is 3. The first kappa shape index (κ1) is 14.8. The molecule has 0 aliphatic carbocycles. The number of nitrogens with one attached hydrogen (secondary N) is 1. The molecule has 7 heteroatoms. The Hall–Kier alpha value is -2.57. The van der Waals surface area contributed by atoms with Gasteiger partial charge in [-0.25, -0.2) is 4.79 Å². The first-order valence-electron chi connectivity index (χ1n) is 6.66. The molecule has 1 saturated heterocycles. The third-order valence-electron chi connectivity index (χ3n) is 3.39. The molecule has 0 saturated carbocycles. The Kier molecular flexibility index (Phi) is 4.42. The van der Waals surface area contributed by atoms with E-state index in [1.54, 1.807) is 4.90 Å². The largest absolute Gasteiger partial charge is 0.352 e. The van der Waals surface area contributed by atoms with E-state index < -0.39 is 6.03 Å². The Balaban J connectivity index is 1.99. The van der Waals surface area contributed by atoms with E-state index in [2.05, 4.69) is 5.32 Å². The Morgan fingerprint density at radius 3 is 2.62 bits per heavy atom. The highest BCUT2D eigenvalue weighted by atomic mass is 16.2. The van der Waals surface area contributed by atoms with Crippen molar-refractivity contribution in [2.45, 2.75) is 6.92 Å². The number of primary amides is 1. The summed E-state index contributed by atoms with van der Waals surface area (Å²) in [5.74, 6) is -0.449. The molecule has 2 rings (SSSR count). The first-order valence-corrected chi connectivity index (χ1v) is 6.66. The lowest BCUT2D eigenvalue weighted by Crippen LogP contribution is -2.54. The fourth-order valence-corrected chi connectivity index (χ4v) is 2.28. The maximum absolute atomic E-state index is 12.2. The van der Waals surface area contributed by atoms with Crippen LogP contribution >= 0.6 is 0 Å². The molecule has 0 aromatic heterocycles. The molecule has 3 N–H and O–H groups in total. The number of carbonyl (C=O) groups is 3. The van der Waals surface area contributed by atoms with Crippen LogP contribution in [-0.2, 0) is 9.59 Å². The molecule has 0 radical (unpaired) electrons. The summed E-state index contributed by atoms with van der Waals surface area (Å²) in [5, 5.41) is 2.23. The number of carbonyl (C=O) groups excluding carboxylic acids is 3. The van der Waals surface area contributed by atoms with E-state index in [1.807, 2.05) is 31.2 Å². The molecule has 0 bridgehead atoms. The zero-order valence-electron chi connectivity index (χ0n) is 11.8.